The highest BCUT2D eigenvalue weighted by Crippen LogP contribution is 2.57. The monoisotopic (exact) mass is 553 g/mol. The van der Waals surface area contributed by atoms with Crippen LogP contribution in [0.25, 0.3) is 22.0 Å². The number of anilines is 1. The van der Waals surface area contributed by atoms with Crippen LogP contribution in [0.15, 0.2) is 70.1 Å². The normalized spacial score (nSPS) is 14.4. The molecule has 5 nitrogen and oxygen atoms in total. The number of amides is 1. The van der Waals surface area contributed by atoms with E-state index in [0.717, 1.165) is 29.5 Å². The van der Waals surface area contributed by atoms with Crippen LogP contribution in [0.5, 0.6) is 0 Å². The van der Waals surface area contributed by atoms with Crippen molar-refractivity contribution in [1.82, 2.24) is 9.55 Å². The molecule has 0 spiro atoms. The predicted octanol–water partition coefficient (Wildman–Crippen LogP) is 8.06. The van der Waals surface area contributed by atoms with E-state index < -0.39 is 5.41 Å². The minimum Gasteiger partial charge on any atom is -0.440 e. The average Bonchev–Trinajstić information content (AvgIpc) is 3.36. The van der Waals surface area contributed by atoms with Gasteiger partial charge in [-0.3, -0.25) is 4.79 Å². The molecule has 5 aromatic rings. The van der Waals surface area contributed by atoms with Gasteiger partial charge in [-0.05, 0) is 67.1 Å². The third kappa shape index (κ3) is 4.49. The van der Waals surface area contributed by atoms with Gasteiger partial charge in [0.15, 0.2) is 5.58 Å². The maximum Gasteiger partial charge on any atom is 0.244 e. The topological polar surface area (TPSA) is 60.1 Å². The summed E-state index contributed by atoms with van der Waals surface area (Å²) in [4.78, 5) is 18.7. The van der Waals surface area contributed by atoms with Gasteiger partial charge in [-0.1, -0.05) is 30.1 Å². The third-order valence-electron chi connectivity index (χ3n) is 6.68. The number of hydrogen-bond acceptors (Lipinski definition) is 4. The molecular weight excluding hydrogens is 532 g/mol. The molecule has 0 saturated heterocycles. The summed E-state index contributed by atoms with van der Waals surface area (Å²) in [6.45, 7) is 2.28. The summed E-state index contributed by atoms with van der Waals surface area (Å²) < 4.78 is 21.5. The van der Waals surface area contributed by atoms with Crippen molar-refractivity contribution in [2.24, 2.45) is 0 Å². The molecule has 1 fully saturated rings. The Morgan fingerprint density at radius 2 is 1.92 bits per heavy atom. The lowest BCUT2D eigenvalue weighted by Gasteiger charge is -2.17. The Kier molecular flexibility index (Phi) is 6.18. The number of nitrogens with one attached hydrogen (secondary N) is 1. The van der Waals surface area contributed by atoms with Crippen LogP contribution < -0.4 is 5.32 Å². The maximum absolute atomic E-state index is 13.6. The van der Waals surface area contributed by atoms with Gasteiger partial charge < -0.3 is 14.3 Å². The summed E-state index contributed by atoms with van der Waals surface area (Å²) in [5.74, 6) is 0.901. The molecule has 1 aliphatic carbocycles. The van der Waals surface area contributed by atoms with Gasteiger partial charge in [0.2, 0.25) is 11.8 Å². The van der Waals surface area contributed by atoms with Crippen molar-refractivity contribution >= 4 is 68.6 Å². The number of benzene rings is 3. The van der Waals surface area contributed by atoms with Gasteiger partial charge in [0, 0.05) is 49.4 Å². The number of rotatable bonds is 7. The lowest BCUT2D eigenvalue weighted by atomic mass is 9.95. The molecule has 9 heteroatoms. The van der Waals surface area contributed by atoms with Crippen molar-refractivity contribution in [2.75, 3.05) is 11.1 Å². The van der Waals surface area contributed by atoms with Crippen molar-refractivity contribution in [3.05, 3.63) is 88.1 Å². The smallest absolute Gasteiger partial charge is 0.244 e. The Bertz CT molecular complexity index is 1650. The van der Waals surface area contributed by atoms with Gasteiger partial charge in [0.25, 0.3) is 0 Å². The number of carbonyl (C=O) groups excluding carboxylic acids is 1. The van der Waals surface area contributed by atoms with Gasteiger partial charge in [-0.2, -0.15) is 0 Å². The molecule has 0 unspecified atom stereocenters. The van der Waals surface area contributed by atoms with Crippen molar-refractivity contribution in [1.29, 1.82) is 0 Å². The van der Waals surface area contributed by atoms with Crippen LogP contribution in [-0.2, 0) is 16.8 Å². The molecule has 2 aromatic heterocycles. The third-order valence-corrected chi connectivity index (χ3v) is 8.15. The van der Waals surface area contributed by atoms with Crippen LogP contribution in [0.4, 0.5) is 10.1 Å². The average molecular weight is 554 g/mol. The molecule has 0 atom stereocenters. The van der Waals surface area contributed by atoms with Crippen LogP contribution >= 0.6 is 35.0 Å². The first-order valence-corrected chi connectivity index (χ1v) is 13.7. The molecule has 1 aliphatic rings. The number of thioether (sulfide) groups is 1. The van der Waals surface area contributed by atoms with E-state index in [1.54, 1.807) is 30.0 Å². The van der Waals surface area contributed by atoms with Crippen LogP contribution in [0.1, 0.15) is 31.2 Å². The van der Waals surface area contributed by atoms with E-state index in [2.05, 4.69) is 29.4 Å². The summed E-state index contributed by atoms with van der Waals surface area (Å²) >= 11 is 15.2. The number of fused-ring (bicyclic) bond motifs is 2. The van der Waals surface area contributed by atoms with Gasteiger partial charge in [0.05, 0.1) is 5.41 Å². The summed E-state index contributed by atoms with van der Waals surface area (Å²) in [7, 11) is 0. The first-order valence-electron chi connectivity index (χ1n) is 11.9. The van der Waals surface area contributed by atoms with Gasteiger partial charge >= 0.3 is 0 Å². The standard InChI is InChI=1S/C28H22Cl2FN3O2S/c1-2-37-19-4-6-23-16(11-19)7-10-34(23)15-25(35)32-18-13-20(29)26(21(30)14-18)28(8-9-28)27-33-22-5-3-17(31)12-24(22)36-27/h3-7,10-14H,2,8-9,15H2,1H3,(H,32,35). The Hall–Kier alpha value is -3.00. The minimum absolute atomic E-state index is 0.157. The van der Waals surface area contributed by atoms with E-state index in [0.29, 0.717) is 38.3 Å². The zero-order valence-corrected chi connectivity index (χ0v) is 22.2. The van der Waals surface area contributed by atoms with E-state index in [9.17, 15) is 9.18 Å². The number of hydrogen-bond donors (Lipinski definition) is 1. The Balaban J connectivity index is 1.23. The van der Waals surface area contributed by atoms with Gasteiger partial charge in [-0.25, -0.2) is 9.37 Å². The SMILES string of the molecule is CCSc1ccc2c(ccn2CC(=O)Nc2cc(Cl)c(C3(c4nc5ccc(F)cc5o4)CC3)c(Cl)c2)c1. The summed E-state index contributed by atoms with van der Waals surface area (Å²) in [5.41, 5.74) is 2.61. The Morgan fingerprint density at radius 3 is 2.65 bits per heavy atom. The molecule has 0 aliphatic heterocycles. The molecular formula is C28H22Cl2FN3O2S. The largest absolute Gasteiger partial charge is 0.440 e. The van der Waals surface area contributed by atoms with Crippen molar-refractivity contribution in [3.63, 3.8) is 0 Å². The molecule has 1 N–H and O–H groups in total. The molecule has 188 valence electrons. The highest BCUT2D eigenvalue weighted by molar-refractivity contribution is 7.99. The predicted molar refractivity (Wildman–Crippen MR) is 147 cm³/mol. The van der Waals surface area contributed by atoms with E-state index in [-0.39, 0.29) is 18.3 Å². The zero-order chi connectivity index (χ0) is 25.7. The Labute approximate surface area is 226 Å². The van der Waals surface area contributed by atoms with E-state index in [4.69, 9.17) is 27.6 Å². The molecule has 1 amide bonds. The van der Waals surface area contributed by atoms with E-state index in [1.165, 1.54) is 17.0 Å². The number of aromatic nitrogens is 2. The molecule has 6 rings (SSSR count). The minimum atomic E-state index is -0.564. The fraction of sp³-hybridized carbons (Fsp3) is 0.214. The molecule has 0 bridgehead atoms. The van der Waals surface area contributed by atoms with Gasteiger partial charge in [0.1, 0.15) is 17.9 Å². The molecule has 2 heterocycles. The fourth-order valence-electron chi connectivity index (χ4n) is 4.83. The van der Waals surface area contributed by atoms with E-state index in [1.807, 2.05) is 22.9 Å². The van der Waals surface area contributed by atoms with E-state index >= 15 is 0 Å². The second-order valence-corrected chi connectivity index (χ2v) is 11.3. The van der Waals surface area contributed by atoms with Gasteiger partial charge in [-0.15, -0.1) is 11.8 Å². The van der Waals surface area contributed by atoms with Crippen molar-refractivity contribution in [3.8, 4) is 0 Å². The number of carbonyl (C=O) groups is 1. The first-order chi connectivity index (χ1) is 17.9. The van der Waals surface area contributed by atoms with Crippen LogP contribution in [-0.4, -0.2) is 21.2 Å². The maximum atomic E-state index is 13.6. The lowest BCUT2D eigenvalue weighted by molar-refractivity contribution is -0.116. The molecule has 37 heavy (non-hydrogen) atoms. The summed E-state index contributed by atoms with van der Waals surface area (Å²) in [6.07, 6.45) is 3.43. The Morgan fingerprint density at radius 1 is 1.14 bits per heavy atom. The van der Waals surface area contributed by atoms with Crippen molar-refractivity contribution < 1.29 is 13.6 Å². The van der Waals surface area contributed by atoms with Crippen LogP contribution in [0, 0.1) is 5.82 Å². The quantitative estimate of drug-likeness (QED) is 0.207. The fourth-order valence-corrected chi connectivity index (χ4v) is 6.39. The lowest BCUT2D eigenvalue weighted by Crippen LogP contribution is -2.18. The molecule has 3 aromatic carbocycles. The summed E-state index contributed by atoms with van der Waals surface area (Å²) in [5, 5.41) is 4.84. The van der Waals surface area contributed by atoms with Crippen LogP contribution in [0.2, 0.25) is 10.0 Å². The zero-order valence-electron chi connectivity index (χ0n) is 19.9. The second-order valence-electron chi connectivity index (χ2n) is 9.17. The molecule has 1 saturated carbocycles. The highest BCUT2D eigenvalue weighted by atomic mass is 35.5. The van der Waals surface area contributed by atoms with Crippen molar-refractivity contribution in [2.45, 2.75) is 36.6 Å². The number of halogens is 3. The summed E-state index contributed by atoms with van der Waals surface area (Å²) in [6, 6.07) is 15.9. The van der Waals surface area contributed by atoms with Crippen LogP contribution in [0.3, 0.4) is 0 Å². The number of nitrogens with zero attached hydrogens (tertiary/aromatic N) is 2. The number of oxazole rings is 1. The highest BCUT2D eigenvalue weighted by Gasteiger charge is 2.52. The molecule has 0 radical (unpaired) electrons. The first kappa shape index (κ1) is 24.3. The second kappa shape index (κ2) is 9.39.